The fourth-order valence-electron chi connectivity index (χ4n) is 2.50. The summed E-state index contributed by atoms with van der Waals surface area (Å²) in [6.07, 6.45) is 5.48. The number of hydrogen-bond acceptors (Lipinski definition) is 6. The molecule has 26 heavy (non-hydrogen) atoms. The van der Waals surface area contributed by atoms with E-state index in [0.29, 0.717) is 18.4 Å². The molecule has 134 valence electrons. The maximum Gasteiger partial charge on any atom is 0.229 e. The van der Waals surface area contributed by atoms with Crippen LogP contribution < -0.4 is 10.6 Å². The fourth-order valence-corrected chi connectivity index (χ4v) is 2.66. The number of benzene rings is 1. The Labute approximate surface area is 158 Å². The highest BCUT2D eigenvalue weighted by atomic mass is 35.5. The van der Waals surface area contributed by atoms with Crippen molar-refractivity contribution in [1.82, 2.24) is 19.9 Å². The van der Waals surface area contributed by atoms with E-state index < -0.39 is 0 Å². The molecular weight excluding hydrogens is 348 g/mol. The number of nitrogens with one attached hydrogen (secondary N) is 2. The standard InChI is InChI=1S/C19H21ClN6/c1-14(9-10-15-6-3-2-4-7-15)23-19-25-17(20)24-18(26-19)22-13-16-8-5-11-21-12-16/h2-8,11-12,14H,9-10,13H2,1H3,(H2,22,23,24,25,26). The van der Waals surface area contributed by atoms with Crippen LogP contribution in [0.15, 0.2) is 54.9 Å². The van der Waals surface area contributed by atoms with Gasteiger partial charge in [-0.3, -0.25) is 4.98 Å². The number of nitrogens with zero attached hydrogens (tertiary/aromatic N) is 4. The smallest absolute Gasteiger partial charge is 0.229 e. The molecule has 3 aromatic rings. The average Bonchev–Trinajstić information content (AvgIpc) is 2.66. The van der Waals surface area contributed by atoms with Crippen LogP contribution in [0.1, 0.15) is 24.5 Å². The molecule has 0 saturated heterocycles. The van der Waals surface area contributed by atoms with Gasteiger partial charge < -0.3 is 10.6 Å². The van der Waals surface area contributed by atoms with Crippen molar-refractivity contribution < 1.29 is 0 Å². The first-order valence-corrected chi connectivity index (χ1v) is 8.91. The third-order valence-electron chi connectivity index (χ3n) is 3.87. The lowest BCUT2D eigenvalue weighted by Gasteiger charge is -2.14. The molecule has 0 radical (unpaired) electrons. The Morgan fingerprint density at radius 3 is 2.50 bits per heavy atom. The first kappa shape index (κ1) is 18.1. The van der Waals surface area contributed by atoms with Crippen LogP contribution in [0.5, 0.6) is 0 Å². The quantitative estimate of drug-likeness (QED) is 0.626. The van der Waals surface area contributed by atoms with Crippen LogP contribution in [0.25, 0.3) is 0 Å². The normalized spacial score (nSPS) is 11.8. The molecule has 0 aliphatic carbocycles. The summed E-state index contributed by atoms with van der Waals surface area (Å²) in [7, 11) is 0. The Hall–Kier alpha value is -2.73. The van der Waals surface area contributed by atoms with E-state index in [0.717, 1.165) is 18.4 Å². The molecule has 0 aliphatic heterocycles. The molecule has 1 unspecified atom stereocenters. The van der Waals surface area contributed by atoms with Gasteiger partial charge in [0.15, 0.2) is 0 Å². The highest BCUT2D eigenvalue weighted by Crippen LogP contribution is 2.13. The summed E-state index contributed by atoms with van der Waals surface area (Å²) in [5.74, 6) is 0.908. The maximum absolute atomic E-state index is 6.03. The minimum Gasteiger partial charge on any atom is -0.352 e. The number of halogens is 1. The van der Waals surface area contributed by atoms with Crippen LogP contribution in [0.3, 0.4) is 0 Å². The summed E-state index contributed by atoms with van der Waals surface area (Å²) in [5.41, 5.74) is 2.35. The maximum atomic E-state index is 6.03. The first-order valence-electron chi connectivity index (χ1n) is 8.54. The van der Waals surface area contributed by atoms with Gasteiger partial charge in [0.1, 0.15) is 0 Å². The van der Waals surface area contributed by atoms with Gasteiger partial charge in [-0.05, 0) is 48.6 Å². The third-order valence-corrected chi connectivity index (χ3v) is 4.03. The van der Waals surface area contributed by atoms with Gasteiger partial charge in [-0.25, -0.2) is 0 Å². The topological polar surface area (TPSA) is 75.6 Å². The van der Waals surface area contributed by atoms with Crippen molar-refractivity contribution in [1.29, 1.82) is 0 Å². The molecule has 0 aliphatic rings. The van der Waals surface area contributed by atoms with Crippen molar-refractivity contribution in [3.63, 3.8) is 0 Å². The Bertz CT molecular complexity index is 813. The number of rotatable bonds is 8. The molecule has 2 N–H and O–H groups in total. The van der Waals surface area contributed by atoms with Crippen LogP contribution in [0, 0.1) is 0 Å². The second kappa shape index (κ2) is 9.10. The van der Waals surface area contributed by atoms with Crippen LogP contribution in [0.4, 0.5) is 11.9 Å². The molecule has 1 atom stereocenters. The van der Waals surface area contributed by atoms with E-state index in [9.17, 15) is 0 Å². The number of anilines is 2. The van der Waals surface area contributed by atoms with Crippen LogP contribution in [-0.2, 0) is 13.0 Å². The zero-order valence-corrected chi connectivity index (χ0v) is 15.3. The van der Waals surface area contributed by atoms with Gasteiger partial charge in [-0.15, -0.1) is 0 Å². The molecule has 0 spiro atoms. The predicted molar refractivity (Wildman–Crippen MR) is 104 cm³/mol. The summed E-state index contributed by atoms with van der Waals surface area (Å²) in [4.78, 5) is 16.8. The predicted octanol–water partition coefficient (Wildman–Crippen LogP) is 3.97. The first-order chi connectivity index (χ1) is 12.7. The molecule has 2 aromatic heterocycles. The van der Waals surface area contributed by atoms with E-state index in [1.807, 2.05) is 18.2 Å². The molecule has 0 amide bonds. The minimum absolute atomic E-state index is 0.159. The van der Waals surface area contributed by atoms with E-state index in [1.165, 1.54) is 5.56 Å². The van der Waals surface area contributed by atoms with Crippen molar-refractivity contribution in [3.8, 4) is 0 Å². The Balaban J connectivity index is 1.56. The van der Waals surface area contributed by atoms with E-state index in [1.54, 1.807) is 12.4 Å². The Morgan fingerprint density at radius 1 is 0.962 bits per heavy atom. The number of pyridine rings is 1. The second-order valence-electron chi connectivity index (χ2n) is 6.04. The molecule has 2 heterocycles. The largest absolute Gasteiger partial charge is 0.352 e. The molecule has 3 rings (SSSR count). The van der Waals surface area contributed by atoms with Crippen molar-refractivity contribution in [3.05, 3.63) is 71.3 Å². The number of aryl methyl sites for hydroxylation is 1. The van der Waals surface area contributed by atoms with E-state index in [-0.39, 0.29) is 11.3 Å². The van der Waals surface area contributed by atoms with E-state index in [4.69, 9.17) is 11.6 Å². The van der Waals surface area contributed by atoms with Gasteiger partial charge in [0, 0.05) is 25.0 Å². The second-order valence-corrected chi connectivity index (χ2v) is 6.37. The van der Waals surface area contributed by atoms with Crippen molar-refractivity contribution in [2.45, 2.75) is 32.4 Å². The fraction of sp³-hybridized carbons (Fsp3) is 0.263. The van der Waals surface area contributed by atoms with Crippen LogP contribution in [-0.4, -0.2) is 26.0 Å². The molecule has 0 fully saturated rings. The van der Waals surface area contributed by atoms with Gasteiger partial charge in [0.05, 0.1) is 0 Å². The lowest BCUT2D eigenvalue weighted by Crippen LogP contribution is -2.19. The summed E-state index contributed by atoms with van der Waals surface area (Å²) >= 11 is 6.03. The van der Waals surface area contributed by atoms with Crippen molar-refractivity contribution >= 4 is 23.5 Å². The van der Waals surface area contributed by atoms with Gasteiger partial charge in [0.2, 0.25) is 17.2 Å². The highest BCUT2D eigenvalue weighted by molar-refractivity contribution is 6.28. The van der Waals surface area contributed by atoms with Gasteiger partial charge >= 0.3 is 0 Å². The molecule has 6 nitrogen and oxygen atoms in total. The molecular formula is C19H21ClN6. The molecule has 1 aromatic carbocycles. The monoisotopic (exact) mass is 368 g/mol. The third kappa shape index (κ3) is 5.67. The SMILES string of the molecule is CC(CCc1ccccc1)Nc1nc(Cl)nc(NCc2cccnc2)n1. The van der Waals surface area contributed by atoms with Crippen molar-refractivity contribution in [2.24, 2.45) is 0 Å². The van der Waals surface area contributed by atoms with E-state index in [2.05, 4.69) is 61.8 Å². The summed E-state index contributed by atoms with van der Waals surface area (Å²) < 4.78 is 0. The number of aromatic nitrogens is 4. The van der Waals surface area contributed by atoms with Crippen LogP contribution in [0.2, 0.25) is 5.28 Å². The zero-order chi connectivity index (χ0) is 18.2. The highest BCUT2D eigenvalue weighted by Gasteiger charge is 2.09. The van der Waals surface area contributed by atoms with Gasteiger partial charge in [0.25, 0.3) is 0 Å². The van der Waals surface area contributed by atoms with Crippen LogP contribution >= 0.6 is 11.6 Å². The summed E-state index contributed by atoms with van der Waals surface area (Å²) in [5, 5.41) is 6.60. The summed E-state index contributed by atoms with van der Waals surface area (Å²) in [6.45, 7) is 2.67. The summed E-state index contributed by atoms with van der Waals surface area (Å²) in [6, 6.07) is 14.5. The lowest BCUT2D eigenvalue weighted by atomic mass is 10.1. The average molecular weight is 369 g/mol. The Kier molecular flexibility index (Phi) is 6.33. The lowest BCUT2D eigenvalue weighted by molar-refractivity contribution is 0.698. The molecule has 7 heteroatoms. The molecule has 0 bridgehead atoms. The van der Waals surface area contributed by atoms with Gasteiger partial charge in [-0.2, -0.15) is 15.0 Å². The minimum atomic E-state index is 0.159. The van der Waals surface area contributed by atoms with Crippen molar-refractivity contribution in [2.75, 3.05) is 10.6 Å². The van der Waals surface area contributed by atoms with E-state index >= 15 is 0 Å². The van der Waals surface area contributed by atoms with Gasteiger partial charge in [-0.1, -0.05) is 36.4 Å². The molecule has 0 saturated carbocycles. The Morgan fingerprint density at radius 2 is 1.73 bits per heavy atom. The number of hydrogen-bond donors (Lipinski definition) is 2. The zero-order valence-electron chi connectivity index (χ0n) is 14.6.